The van der Waals surface area contributed by atoms with Gasteiger partial charge in [-0.3, -0.25) is 0 Å². The van der Waals surface area contributed by atoms with Gasteiger partial charge in [0.05, 0.1) is 15.5 Å². The summed E-state index contributed by atoms with van der Waals surface area (Å²) in [6.45, 7) is 6.12. The van der Waals surface area contributed by atoms with Gasteiger partial charge < -0.3 is 4.57 Å². The Morgan fingerprint density at radius 2 is 1.53 bits per heavy atom. The van der Waals surface area contributed by atoms with Crippen LogP contribution in [-0.4, -0.2) is 44.6 Å². The van der Waals surface area contributed by atoms with Crippen LogP contribution in [0.5, 0.6) is 0 Å². The number of piperidine rings is 1. The molecular weight excluding hydrogens is 516 g/mol. The summed E-state index contributed by atoms with van der Waals surface area (Å²) >= 11 is 6.28. The number of benzene rings is 2. The van der Waals surface area contributed by atoms with Gasteiger partial charge in [0, 0.05) is 36.0 Å². The van der Waals surface area contributed by atoms with Crippen molar-refractivity contribution in [3.63, 3.8) is 0 Å². The lowest BCUT2D eigenvalue weighted by Crippen LogP contribution is -2.40. The summed E-state index contributed by atoms with van der Waals surface area (Å²) in [5, 5.41) is 0.354. The number of sulfonamides is 1. The van der Waals surface area contributed by atoms with Gasteiger partial charge >= 0.3 is 0 Å². The normalized spacial score (nSPS) is 16.1. The predicted octanol–water partition coefficient (Wildman–Crippen LogP) is 5.35. The molecule has 2 heterocycles. The van der Waals surface area contributed by atoms with E-state index in [-0.39, 0.29) is 15.5 Å². The number of sulfone groups is 1. The van der Waals surface area contributed by atoms with Crippen LogP contribution >= 0.6 is 11.6 Å². The Hall–Kier alpha value is -2.39. The van der Waals surface area contributed by atoms with Gasteiger partial charge in [0.1, 0.15) is 0 Å². The van der Waals surface area contributed by atoms with Gasteiger partial charge in [-0.15, -0.1) is 0 Å². The highest BCUT2D eigenvalue weighted by atomic mass is 35.5. The topological polar surface area (TPSA) is 76.5 Å². The van der Waals surface area contributed by atoms with E-state index in [2.05, 4.69) is 30.5 Å². The minimum atomic E-state index is -3.70. The van der Waals surface area contributed by atoms with Crippen LogP contribution in [0.1, 0.15) is 29.8 Å². The van der Waals surface area contributed by atoms with Crippen molar-refractivity contribution in [2.24, 2.45) is 5.92 Å². The molecule has 2 aromatic carbocycles. The molecule has 4 rings (SSSR count). The Labute approximate surface area is 219 Å². The zero-order chi connectivity index (χ0) is 25.9. The first-order valence-electron chi connectivity index (χ1n) is 11.9. The highest BCUT2D eigenvalue weighted by molar-refractivity contribution is 7.91. The van der Waals surface area contributed by atoms with Gasteiger partial charge in [-0.1, -0.05) is 42.0 Å². The van der Waals surface area contributed by atoms with Crippen LogP contribution < -0.4 is 0 Å². The van der Waals surface area contributed by atoms with Crippen molar-refractivity contribution in [2.45, 2.75) is 43.0 Å². The Kier molecular flexibility index (Phi) is 8.09. The van der Waals surface area contributed by atoms with Crippen molar-refractivity contribution in [3.05, 3.63) is 88.7 Å². The predicted molar refractivity (Wildman–Crippen MR) is 144 cm³/mol. The molecule has 1 aliphatic heterocycles. The summed E-state index contributed by atoms with van der Waals surface area (Å²) in [7, 11) is -7.17. The maximum absolute atomic E-state index is 12.9. The lowest BCUT2D eigenvalue weighted by molar-refractivity contribution is 0.252. The van der Waals surface area contributed by atoms with E-state index in [0.717, 1.165) is 19.4 Å². The molecule has 0 aliphatic carbocycles. The van der Waals surface area contributed by atoms with Crippen LogP contribution in [-0.2, 0) is 26.4 Å². The quantitative estimate of drug-likeness (QED) is 0.382. The van der Waals surface area contributed by atoms with Crippen LogP contribution in [0.4, 0.5) is 0 Å². The summed E-state index contributed by atoms with van der Waals surface area (Å²) in [6, 6.07) is 16.8. The second kappa shape index (κ2) is 10.9. The number of rotatable bonds is 8. The fraction of sp³-hybridized carbons (Fsp3) is 0.333. The maximum Gasteiger partial charge on any atom is 0.217 e. The van der Waals surface area contributed by atoms with Crippen molar-refractivity contribution in [1.29, 1.82) is 0 Å². The molecule has 3 aromatic rings. The lowest BCUT2D eigenvalue weighted by atomic mass is 9.98. The van der Waals surface area contributed by atoms with Crippen LogP contribution in [0.15, 0.2) is 76.5 Å². The number of halogens is 1. The number of nitrogens with zero attached hydrogens (tertiary/aromatic N) is 2. The molecule has 0 amide bonds. The van der Waals surface area contributed by atoms with Crippen LogP contribution in [0.25, 0.3) is 6.08 Å². The average Bonchev–Trinajstić information content (AvgIpc) is 3.18. The Balaban J connectivity index is 1.40. The Bertz CT molecular complexity index is 1440. The first-order valence-corrected chi connectivity index (χ1v) is 15.4. The SMILES string of the molecule is Cc1ccc(C)n1CC1CCN(S(=O)(=O)CC=Cc2cc(S(=O)(=O)c3ccccc3)ccc2Cl)CC1. The van der Waals surface area contributed by atoms with Crippen molar-refractivity contribution in [2.75, 3.05) is 18.8 Å². The van der Waals surface area contributed by atoms with E-state index in [9.17, 15) is 16.8 Å². The molecule has 0 spiro atoms. The Morgan fingerprint density at radius 3 is 2.17 bits per heavy atom. The van der Waals surface area contributed by atoms with E-state index < -0.39 is 19.9 Å². The standard InChI is InChI=1S/C27H31ClN2O4S2/c1-21-10-11-22(2)30(21)20-23-14-16-29(17-15-23)35(31,32)18-6-7-24-19-26(12-13-27(24)28)36(33,34)25-8-4-3-5-9-25/h3-13,19,23H,14-18,20H2,1-2H3. The molecule has 0 radical (unpaired) electrons. The lowest BCUT2D eigenvalue weighted by Gasteiger charge is -2.31. The Morgan fingerprint density at radius 1 is 0.889 bits per heavy atom. The third-order valence-corrected chi connectivity index (χ3v) is 10.6. The number of aryl methyl sites for hydroxylation is 2. The summed E-state index contributed by atoms with van der Waals surface area (Å²) in [4.78, 5) is 0.297. The first-order chi connectivity index (χ1) is 17.1. The molecule has 36 heavy (non-hydrogen) atoms. The number of hydrogen-bond donors (Lipinski definition) is 0. The largest absolute Gasteiger partial charge is 0.349 e. The molecule has 1 fully saturated rings. The molecule has 6 nitrogen and oxygen atoms in total. The van der Waals surface area contributed by atoms with Crippen LogP contribution in [0.3, 0.4) is 0 Å². The van der Waals surface area contributed by atoms with Gasteiger partial charge in [0.2, 0.25) is 19.9 Å². The molecule has 192 valence electrons. The van der Waals surface area contributed by atoms with Gasteiger partial charge in [-0.25, -0.2) is 21.1 Å². The molecule has 1 aliphatic rings. The number of hydrogen-bond acceptors (Lipinski definition) is 4. The summed E-state index contributed by atoms with van der Waals surface area (Å²) < 4.78 is 55.6. The third kappa shape index (κ3) is 5.94. The molecule has 0 unspecified atom stereocenters. The zero-order valence-corrected chi connectivity index (χ0v) is 22.9. The van der Waals surface area contributed by atoms with E-state index in [4.69, 9.17) is 11.6 Å². The molecule has 0 bridgehead atoms. The van der Waals surface area contributed by atoms with Gasteiger partial charge in [0.15, 0.2) is 0 Å². The molecule has 0 N–H and O–H groups in total. The minimum Gasteiger partial charge on any atom is -0.349 e. The fourth-order valence-electron chi connectivity index (χ4n) is 4.57. The summed E-state index contributed by atoms with van der Waals surface area (Å²) in [6.07, 6.45) is 4.76. The van der Waals surface area contributed by atoms with Gasteiger partial charge in [-0.2, -0.15) is 0 Å². The van der Waals surface area contributed by atoms with E-state index >= 15 is 0 Å². The van der Waals surface area contributed by atoms with Crippen LogP contribution in [0, 0.1) is 19.8 Å². The van der Waals surface area contributed by atoms with Crippen LogP contribution in [0.2, 0.25) is 5.02 Å². The second-order valence-electron chi connectivity index (χ2n) is 9.25. The van der Waals surface area contributed by atoms with E-state index in [1.54, 1.807) is 28.6 Å². The summed E-state index contributed by atoms with van der Waals surface area (Å²) in [5.74, 6) is 0.282. The van der Waals surface area contributed by atoms with Crippen molar-refractivity contribution >= 4 is 37.5 Å². The van der Waals surface area contributed by atoms with E-state index in [1.807, 2.05) is 0 Å². The molecule has 1 aromatic heterocycles. The zero-order valence-electron chi connectivity index (χ0n) is 20.5. The highest BCUT2D eigenvalue weighted by Crippen LogP contribution is 2.27. The highest BCUT2D eigenvalue weighted by Gasteiger charge is 2.27. The average molecular weight is 547 g/mol. The molecule has 1 saturated heterocycles. The molecule has 9 heteroatoms. The van der Waals surface area contributed by atoms with E-state index in [0.29, 0.717) is 29.6 Å². The maximum atomic E-state index is 12.9. The van der Waals surface area contributed by atoms with Crippen molar-refractivity contribution in [3.8, 4) is 0 Å². The molecule has 0 saturated carbocycles. The van der Waals surface area contributed by atoms with Gasteiger partial charge in [-0.05, 0) is 80.6 Å². The number of aromatic nitrogens is 1. The monoisotopic (exact) mass is 546 g/mol. The second-order valence-corrected chi connectivity index (χ2v) is 13.6. The summed E-state index contributed by atoms with van der Waals surface area (Å²) in [5.41, 5.74) is 2.92. The van der Waals surface area contributed by atoms with Gasteiger partial charge in [0.25, 0.3) is 0 Å². The smallest absolute Gasteiger partial charge is 0.217 e. The fourth-order valence-corrected chi connectivity index (χ4v) is 7.38. The van der Waals surface area contributed by atoms with Crippen molar-refractivity contribution in [1.82, 2.24) is 8.87 Å². The molecule has 0 atom stereocenters. The van der Waals surface area contributed by atoms with Crippen molar-refractivity contribution < 1.29 is 16.8 Å². The first kappa shape index (κ1) is 26.7. The van der Waals surface area contributed by atoms with E-state index in [1.165, 1.54) is 47.8 Å². The molecular formula is C27H31ClN2O4S2. The third-order valence-electron chi connectivity index (χ3n) is 6.76. The minimum absolute atomic E-state index is 0.107.